The highest BCUT2D eigenvalue weighted by atomic mass is 15.3. The Morgan fingerprint density at radius 3 is 1.79 bits per heavy atom. The lowest BCUT2D eigenvalue weighted by molar-refractivity contribution is 0.590. The highest BCUT2D eigenvalue weighted by molar-refractivity contribution is 7.00. The second-order valence-electron chi connectivity index (χ2n) is 19.1. The summed E-state index contributed by atoms with van der Waals surface area (Å²) in [5, 5.41) is 2.41. The zero-order valence-electron chi connectivity index (χ0n) is 36.6. The number of imidazole rings is 1. The molecule has 0 atom stereocenters. The summed E-state index contributed by atoms with van der Waals surface area (Å²) in [5.41, 5.74) is 17.5. The number of fused-ring (bicyclic) bond motifs is 7. The summed E-state index contributed by atoms with van der Waals surface area (Å²) < 4.78 is 2.28. The van der Waals surface area contributed by atoms with E-state index in [1.807, 2.05) is 0 Å². The van der Waals surface area contributed by atoms with Crippen molar-refractivity contribution < 1.29 is 0 Å². The van der Waals surface area contributed by atoms with Crippen LogP contribution in [0, 0.1) is 6.92 Å². The Hall–Kier alpha value is -7.05. The third-order valence-corrected chi connectivity index (χ3v) is 12.9. The van der Waals surface area contributed by atoms with Gasteiger partial charge in [0.2, 0.25) is 0 Å². The van der Waals surface area contributed by atoms with Crippen molar-refractivity contribution in [2.45, 2.75) is 59.3 Å². The smallest absolute Gasteiger partial charge is 0.277 e. The molecule has 7 aromatic carbocycles. The van der Waals surface area contributed by atoms with E-state index in [4.69, 9.17) is 4.98 Å². The number of hydrogen-bond acceptors (Lipinski definition) is 4. The summed E-state index contributed by atoms with van der Waals surface area (Å²) in [7, 11) is 0. The molecule has 0 bridgehead atoms. The molecule has 0 spiro atoms. The minimum absolute atomic E-state index is 0.0457. The number of hydrogen-bond donors (Lipinski definition) is 0. The lowest BCUT2D eigenvalue weighted by atomic mass is 9.35. The van der Waals surface area contributed by atoms with Crippen LogP contribution < -0.4 is 31.2 Å². The van der Waals surface area contributed by atoms with Gasteiger partial charge in [-0.05, 0) is 130 Å². The largest absolute Gasteiger partial charge is 0.311 e. The van der Waals surface area contributed by atoms with Crippen molar-refractivity contribution in [3.63, 3.8) is 0 Å². The first kappa shape index (κ1) is 37.9. The summed E-state index contributed by atoms with van der Waals surface area (Å²) in [6.07, 6.45) is 2.16. The average Bonchev–Trinajstić information content (AvgIpc) is 3.65. The Morgan fingerprint density at radius 1 is 0.516 bits per heavy atom. The van der Waals surface area contributed by atoms with E-state index in [1.165, 1.54) is 49.8 Å². The summed E-state index contributed by atoms with van der Waals surface area (Å²) in [5.74, 6) is 1.08. The molecule has 2 aliphatic heterocycles. The molecule has 0 radical (unpaired) electrons. The Kier molecular flexibility index (Phi) is 8.56. The minimum Gasteiger partial charge on any atom is -0.311 e. The van der Waals surface area contributed by atoms with Crippen LogP contribution in [0.2, 0.25) is 0 Å². The molecule has 0 saturated carbocycles. The second-order valence-corrected chi connectivity index (χ2v) is 19.1. The van der Waals surface area contributed by atoms with E-state index in [9.17, 15) is 0 Å². The number of aryl methyl sites for hydroxylation is 1. The van der Waals surface area contributed by atoms with Gasteiger partial charge < -0.3 is 9.80 Å². The van der Waals surface area contributed by atoms with Crippen molar-refractivity contribution in [1.29, 1.82) is 0 Å². The maximum Gasteiger partial charge on any atom is 0.277 e. The first-order valence-corrected chi connectivity index (χ1v) is 21.8. The fourth-order valence-electron chi connectivity index (χ4n) is 9.81. The van der Waals surface area contributed by atoms with Gasteiger partial charge in [0.15, 0.2) is 0 Å². The molecule has 6 heteroatoms. The first-order chi connectivity index (χ1) is 29.9. The molecule has 2 aliphatic rings. The molecule has 62 heavy (non-hydrogen) atoms. The molecule has 4 heterocycles. The van der Waals surface area contributed by atoms with E-state index in [0.29, 0.717) is 0 Å². The van der Waals surface area contributed by atoms with Crippen molar-refractivity contribution in [1.82, 2.24) is 9.38 Å². The zero-order chi connectivity index (χ0) is 42.5. The standard InChI is InChI=1S/C56H50BN5/c1-37-34-49-52-50(35-37)62(47-21-15-17-38-16-11-12-20-45(38)47)54-53(58-51-22-13-14-33-59(51)54)57(52)46-32-31-44(36-48(46)61(49)41-18-9-8-10-19-41)60(42-27-23-39(24-28-42)55(2,3)4)43-29-25-40(26-30-43)56(5,6)7/h8-36H,1-7H3. The van der Waals surface area contributed by atoms with E-state index >= 15 is 0 Å². The quantitative estimate of drug-likeness (QED) is 0.162. The molecule has 9 aromatic rings. The lowest BCUT2D eigenvalue weighted by Crippen LogP contribution is -2.62. The highest BCUT2D eigenvalue weighted by Crippen LogP contribution is 2.47. The van der Waals surface area contributed by atoms with Gasteiger partial charge in [-0.2, -0.15) is 0 Å². The maximum absolute atomic E-state index is 5.56. The van der Waals surface area contributed by atoms with E-state index < -0.39 is 0 Å². The third-order valence-electron chi connectivity index (χ3n) is 12.9. The molecular formula is C56H50BN5. The van der Waals surface area contributed by atoms with Crippen LogP contribution in [0.1, 0.15) is 58.2 Å². The Morgan fingerprint density at radius 2 is 1.11 bits per heavy atom. The van der Waals surface area contributed by atoms with Gasteiger partial charge in [0, 0.05) is 51.4 Å². The topological polar surface area (TPSA) is 27.0 Å². The van der Waals surface area contributed by atoms with Gasteiger partial charge in [-0.25, -0.2) is 4.98 Å². The molecular weight excluding hydrogens is 753 g/mol. The van der Waals surface area contributed by atoms with Crippen molar-refractivity contribution >= 4 is 91.0 Å². The van der Waals surface area contributed by atoms with Crippen LogP contribution >= 0.6 is 0 Å². The fraction of sp³-hybridized carbons (Fsp3) is 0.161. The Labute approximate surface area is 365 Å². The number of aromatic nitrogens is 2. The van der Waals surface area contributed by atoms with Gasteiger partial charge in [0.25, 0.3) is 6.71 Å². The molecule has 11 rings (SSSR count). The molecule has 0 N–H and O–H groups in total. The monoisotopic (exact) mass is 803 g/mol. The van der Waals surface area contributed by atoms with Crippen LogP contribution in [0.3, 0.4) is 0 Å². The minimum atomic E-state index is -0.115. The summed E-state index contributed by atoms with van der Waals surface area (Å²) in [6.45, 7) is 15.8. The van der Waals surface area contributed by atoms with E-state index in [0.717, 1.165) is 51.2 Å². The predicted octanol–water partition coefficient (Wildman–Crippen LogP) is 12.9. The fourth-order valence-corrected chi connectivity index (χ4v) is 9.81. The van der Waals surface area contributed by atoms with Gasteiger partial charge in [-0.15, -0.1) is 0 Å². The number of anilines is 9. The normalized spacial score (nSPS) is 13.3. The molecule has 0 aliphatic carbocycles. The molecule has 0 amide bonds. The maximum atomic E-state index is 5.56. The molecule has 0 saturated heterocycles. The number of para-hydroxylation sites is 1. The van der Waals surface area contributed by atoms with Gasteiger partial charge in [-0.1, -0.05) is 133 Å². The van der Waals surface area contributed by atoms with Crippen LogP contribution in [0.25, 0.3) is 16.4 Å². The Bertz CT molecular complexity index is 3110. The first-order valence-electron chi connectivity index (χ1n) is 21.8. The molecule has 0 unspecified atom stereocenters. The summed E-state index contributed by atoms with van der Waals surface area (Å²) >= 11 is 0. The molecule has 5 nitrogen and oxygen atoms in total. The predicted molar refractivity (Wildman–Crippen MR) is 264 cm³/mol. The average molecular weight is 804 g/mol. The van der Waals surface area contributed by atoms with Gasteiger partial charge >= 0.3 is 0 Å². The molecule has 0 fully saturated rings. The Balaban J connectivity index is 1.18. The van der Waals surface area contributed by atoms with Gasteiger partial charge in [-0.3, -0.25) is 9.30 Å². The van der Waals surface area contributed by atoms with E-state index in [2.05, 4.69) is 244 Å². The van der Waals surface area contributed by atoms with Gasteiger partial charge in [0.05, 0.1) is 11.3 Å². The van der Waals surface area contributed by atoms with Crippen molar-refractivity contribution in [3.8, 4) is 0 Å². The van der Waals surface area contributed by atoms with Crippen molar-refractivity contribution in [2.75, 3.05) is 14.7 Å². The van der Waals surface area contributed by atoms with Crippen LogP contribution in [0.15, 0.2) is 176 Å². The molecule has 302 valence electrons. The number of pyridine rings is 1. The zero-order valence-corrected chi connectivity index (χ0v) is 36.6. The van der Waals surface area contributed by atoms with Crippen molar-refractivity contribution in [2.24, 2.45) is 0 Å². The third kappa shape index (κ3) is 6.03. The van der Waals surface area contributed by atoms with Crippen LogP contribution in [0.5, 0.6) is 0 Å². The summed E-state index contributed by atoms with van der Waals surface area (Å²) in [4.78, 5) is 12.9. The number of nitrogens with zero attached hydrogens (tertiary/aromatic N) is 5. The van der Waals surface area contributed by atoms with E-state index in [1.54, 1.807) is 0 Å². The number of rotatable bonds is 5. The van der Waals surface area contributed by atoms with Crippen LogP contribution in [0.4, 0.5) is 51.3 Å². The second kappa shape index (κ2) is 14.0. The highest BCUT2D eigenvalue weighted by Gasteiger charge is 2.46. The lowest BCUT2D eigenvalue weighted by Gasteiger charge is -2.43. The van der Waals surface area contributed by atoms with Crippen LogP contribution in [-0.2, 0) is 10.8 Å². The van der Waals surface area contributed by atoms with E-state index in [-0.39, 0.29) is 17.5 Å². The summed E-state index contributed by atoms with van der Waals surface area (Å²) in [6, 6.07) is 62.7. The SMILES string of the molecule is Cc1cc2c3c(c1)N(c1cccc4ccccc14)c1c(nc4ccccn14)B3c1ccc(N(c3ccc(C(C)(C)C)cc3)c3ccc(C(C)(C)C)cc3)cc1N2c1ccccc1. The number of benzene rings is 7. The molecule has 2 aromatic heterocycles. The van der Waals surface area contributed by atoms with Crippen LogP contribution in [-0.4, -0.2) is 16.1 Å². The van der Waals surface area contributed by atoms with Gasteiger partial charge in [0.1, 0.15) is 11.5 Å². The van der Waals surface area contributed by atoms with Crippen molar-refractivity contribution in [3.05, 3.63) is 193 Å².